The zero-order chi connectivity index (χ0) is 9.03. The Morgan fingerprint density at radius 3 is 2.42 bits per heavy atom. The Morgan fingerprint density at radius 1 is 1.42 bits per heavy atom. The third kappa shape index (κ3) is 1.83. The normalized spacial score (nSPS) is 24.8. The molecule has 0 heterocycles. The highest BCUT2D eigenvalue weighted by Crippen LogP contribution is 2.38. The Bertz CT molecular complexity index is 151. The van der Waals surface area contributed by atoms with E-state index < -0.39 is 0 Å². The fourth-order valence-electron chi connectivity index (χ4n) is 2.14. The molecular weight excluding hydrogens is 152 g/mol. The molecule has 0 spiro atoms. The van der Waals surface area contributed by atoms with Gasteiger partial charge in [0, 0.05) is 11.5 Å². The van der Waals surface area contributed by atoms with Gasteiger partial charge in [-0.25, -0.2) is 0 Å². The molecule has 0 bridgehead atoms. The first-order valence-corrected chi connectivity index (χ1v) is 4.76. The van der Waals surface area contributed by atoms with Crippen LogP contribution >= 0.6 is 0 Å². The quantitative estimate of drug-likeness (QED) is 0.659. The van der Waals surface area contributed by atoms with Crippen molar-refractivity contribution >= 4 is 0 Å². The Balaban J connectivity index is 2.62. The van der Waals surface area contributed by atoms with Crippen molar-refractivity contribution in [2.75, 3.05) is 6.54 Å². The molecule has 0 aromatic heterocycles. The molecule has 1 atom stereocenters. The number of nitroso groups, excluding NO2 is 1. The molecular formula is C9H18N2O. The minimum Gasteiger partial charge on any atom is -0.327 e. The highest BCUT2D eigenvalue weighted by atomic mass is 16.3. The second kappa shape index (κ2) is 3.99. The third-order valence-electron chi connectivity index (χ3n) is 3.19. The number of nitrogens with two attached hydrogens (primary N) is 1. The molecule has 0 amide bonds. The molecule has 3 heteroatoms. The Kier molecular flexibility index (Phi) is 3.20. The summed E-state index contributed by atoms with van der Waals surface area (Å²) in [6.45, 7) is 2.40. The van der Waals surface area contributed by atoms with Gasteiger partial charge in [0.15, 0.2) is 0 Å². The first-order chi connectivity index (χ1) is 5.71. The van der Waals surface area contributed by atoms with E-state index in [2.05, 4.69) is 5.18 Å². The summed E-state index contributed by atoms with van der Waals surface area (Å²) in [4.78, 5) is 10.3. The van der Waals surface area contributed by atoms with Crippen molar-refractivity contribution in [1.82, 2.24) is 0 Å². The van der Waals surface area contributed by atoms with Gasteiger partial charge in [0.25, 0.3) is 0 Å². The molecule has 70 valence electrons. The Morgan fingerprint density at radius 2 is 2.00 bits per heavy atom. The van der Waals surface area contributed by atoms with E-state index in [1.807, 2.05) is 6.92 Å². The summed E-state index contributed by atoms with van der Waals surface area (Å²) in [6.07, 6.45) is 5.86. The van der Waals surface area contributed by atoms with Crippen LogP contribution in [0.25, 0.3) is 0 Å². The van der Waals surface area contributed by atoms with Crippen LogP contribution in [-0.4, -0.2) is 12.6 Å². The van der Waals surface area contributed by atoms with E-state index in [0.717, 1.165) is 12.8 Å². The predicted octanol–water partition coefficient (Wildman–Crippen LogP) is 2.05. The maximum Gasteiger partial charge on any atom is 0.0882 e. The molecule has 1 aliphatic carbocycles. The van der Waals surface area contributed by atoms with Crippen molar-refractivity contribution in [2.24, 2.45) is 16.3 Å². The Labute approximate surface area is 73.7 Å². The molecule has 0 saturated heterocycles. The van der Waals surface area contributed by atoms with Crippen LogP contribution in [0.5, 0.6) is 0 Å². The second-order valence-corrected chi connectivity index (χ2v) is 4.00. The lowest BCUT2D eigenvalue weighted by Gasteiger charge is -2.38. The van der Waals surface area contributed by atoms with E-state index in [9.17, 15) is 4.91 Å². The lowest BCUT2D eigenvalue weighted by Crippen LogP contribution is -2.43. The number of rotatable bonds is 3. The maximum absolute atomic E-state index is 10.3. The van der Waals surface area contributed by atoms with Gasteiger partial charge < -0.3 is 5.73 Å². The van der Waals surface area contributed by atoms with Crippen molar-refractivity contribution in [2.45, 2.75) is 45.1 Å². The minimum absolute atomic E-state index is 0.0278. The summed E-state index contributed by atoms with van der Waals surface area (Å²) in [5, 5.41) is 3.02. The lowest BCUT2D eigenvalue weighted by molar-refractivity contribution is 0.163. The summed E-state index contributed by atoms with van der Waals surface area (Å²) in [5.41, 5.74) is 5.92. The topological polar surface area (TPSA) is 55.4 Å². The van der Waals surface area contributed by atoms with Crippen LogP contribution < -0.4 is 5.73 Å². The van der Waals surface area contributed by atoms with Crippen LogP contribution in [0, 0.1) is 10.3 Å². The van der Waals surface area contributed by atoms with Crippen molar-refractivity contribution in [1.29, 1.82) is 0 Å². The van der Waals surface area contributed by atoms with Gasteiger partial charge in [0.1, 0.15) is 0 Å². The Hall–Kier alpha value is -0.440. The van der Waals surface area contributed by atoms with E-state index in [4.69, 9.17) is 5.73 Å². The first kappa shape index (κ1) is 9.65. The van der Waals surface area contributed by atoms with Crippen molar-refractivity contribution in [3.8, 4) is 0 Å². The summed E-state index contributed by atoms with van der Waals surface area (Å²) in [5.74, 6) is 0. The average molecular weight is 170 g/mol. The van der Waals surface area contributed by atoms with Gasteiger partial charge in [-0.15, -0.1) is 0 Å². The van der Waals surface area contributed by atoms with Crippen LogP contribution in [0.3, 0.4) is 0 Å². The van der Waals surface area contributed by atoms with Crippen LogP contribution in [0.15, 0.2) is 5.18 Å². The van der Waals surface area contributed by atoms with Gasteiger partial charge in [-0.1, -0.05) is 24.4 Å². The smallest absolute Gasteiger partial charge is 0.0882 e. The molecule has 0 aromatic rings. The SMILES string of the molecule is CC(N)C1(CN=O)CCCCC1. The van der Waals surface area contributed by atoms with Crippen LogP contribution in [0.1, 0.15) is 39.0 Å². The van der Waals surface area contributed by atoms with Crippen molar-refractivity contribution < 1.29 is 0 Å². The number of hydrogen-bond donors (Lipinski definition) is 1. The number of hydrogen-bond acceptors (Lipinski definition) is 3. The highest BCUT2D eigenvalue weighted by molar-refractivity contribution is 4.90. The lowest BCUT2D eigenvalue weighted by atomic mass is 9.70. The van der Waals surface area contributed by atoms with Gasteiger partial charge >= 0.3 is 0 Å². The molecule has 0 radical (unpaired) electrons. The zero-order valence-corrected chi connectivity index (χ0v) is 7.75. The fraction of sp³-hybridized carbons (Fsp3) is 1.00. The third-order valence-corrected chi connectivity index (χ3v) is 3.19. The maximum atomic E-state index is 10.3. The molecule has 12 heavy (non-hydrogen) atoms. The molecule has 2 N–H and O–H groups in total. The first-order valence-electron chi connectivity index (χ1n) is 4.76. The number of nitrogens with zero attached hydrogens (tertiary/aromatic N) is 1. The fourth-order valence-corrected chi connectivity index (χ4v) is 2.14. The van der Waals surface area contributed by atoms with Gasteiger partial charge in [0.2, 0.25) is 0 Å². The summed E-state index contributed by atoms with van der Waals surface area (Å²) < 4.78 is 0. The molecule has 1 aliphatic rings. The molecule has 1 rings (SSSR count). The average Bonchev–Trinajstić information content (AvgIpc) is 2.06. The summed E-state index contributed by atoms with van der Waals surface area (Å²) in [7, 11) is 0. The predicted molar refractivity (Wildman–Crippen MR) is 49.8 cm³/mol. The van der Waals surface area contributed by atoms with Crippen LogP contribution in [0.4, 0.5) is 0 Å². The van der Waals surface area contributed by atoms with Gasteiger partial charge in [0.05, 0.1) is 6.54 Å². The largest absolute Gasteiger partial charge is 0.327 e. The monoisotopic (exact) mass is 170 g/mol. The molecule has 1 fully saturated rings. The summed E-state index contributed by atoms with van der Waals surface area (Å²) in [6, 6.07) is 0.107. The molecule has 0 aliphatic heterocycles. The molecule has 1 saturated carbocycles. The van der Waals surface area contributed by atoms with Crippen molar-refractivity contribution in [3.05, 3.63) is 4.91 Å². The van der Waals surface area contributed by atoms with E-state index >= 15 is 0 Å². The van der Waals surface area contributed by atoms with Gasteiger partial charge in [-0.05, 0) is 19.8 Å². The summed E-state index contributed by atoms with van der Waals surface area (Å²) >= 11 is 0. The van der Waals surface area contributed by atoms with E-state index in [-0.39, 0.29) is 11.5 Å². The molecule has 3 nitrogen and oxygen atoms in total. The van der Waals surface area contributed by atoms with E-state index in [1.54, 1.807) is 0 Å². The molecule has 1 unspecified atom stereocenters. The van der Waals surface area contributed by atoms with Gasteiger partial charge in [-0.2, -0.15) is 4.91 Å². The van der Waals surface area contributed by atoms with E-state index in [0.29, 0.717) is 6.54 Å². The van der Waals surface area contributed by atoms with E-state index in [1.165, 1.54) is 19.3 Å². The highest BCUT2D eigenvalue weighted by Gasteiger charge is 2.35. The van der Waals surface area contributed by atoms with Crippen molar-refractivity contribution in [3.63, 3.8) is 0 Å². The minimum atomic E-state index is 0.0278. The standard InChI is InChI=1S/C9H18N2O/c1-8(10)9(7-11-12)5-3-2-4-6-9/h8H,2-7,10H2,1H3. The van der Waals surface area contributed by atoms with Crippen LogP contribution in [0.2, 0.25) is 0 Å². The zero-order valence-electron chi connectivity index (χ0n) is 7.75. The molecule has 0 aromatic carbocycles. The van der Waals surface area contributed by atoms with Gasteiger partial charge in [-0.3, -0.25) is 0 Å². The van der Waals surface area contributed by atoms with Crippen LogP contribution in [-0.2, 0) is 0 Å². The second-order valence-electron chi connectivity index (χ2n) is 4.00.